The van der Waals surface area contributed by atoms with Gasteiger partial charge < -0.3 is 10.0 Å². The van der Waals surface area contributed by atoms with Gasteiger partial charge in [0, 0.05) is 13.0 Å². The van der Waals surface area contributed by atoms with E-state index in [1.165, 1.54) is 0 Å². The molecule has 4 nitrogen and oxygen atoms in total. The lowest BCUT2D eigenvalue weighted by Gasteiger charge is -2.14. The number of aliphatic hydroxyl groups excluding tert-OH is 1. The lowest BCUT2D eigenvalue weighted by molar-refractivity contribution is -0.245. The molecule has 0 aromatic rings. The van der Waals surface area contributed by atoms with E-state index in [0.717, 1.165) is 0 Å². The van der Waals surface area contributed by atoms with Crippen LogP contribution in [0.15, 0.2) is 0 Å². The lowest BCUT2D eigenvalue weighted by Crippen LogP contribution is -2.26. The van der Waals surface area contributed by atoms with Crippen LogP contribution in [0.2, 0.25) is 0 Å². The molecule has 0 aliphatic heterocycles. The van der Waals surface area contributed by atoms with Crippen LogP contribution >= 0.6 is 0 Å². The average molecular weight is 149 g/mol. The fraction of sp³-hybridized carbons (Fsp3) is 1.00. The van der Waals surface area contributed by atoms with Crippen LogP contribution in [0.4, 0.5) is 0 Å². The molecule has 0 amide bonds. The number of aliphatic hydroxyl groups is 1. The van der Waals surface area contributed by atoms with Crippen LogP contribution in [0.5, 0.6) is 0 Å². The van der Waals surface area contributed by atoms with Crippen LogP contribution in [0.25, 0.3) is 0 Å². The van der Waals surface area contributed by atoms with Crippen molar-refractivity contribution in [2.75, 3.05) is 27.2 Å². The summed E-state index contributed by atoms with van der Waals surface area (Å²) < 4.78 is 0. The van der Waals surface area contributed by atoms with Crippen LogP contribution in [-0.4, -0.2) is 48.6 Å². The fourth-order valence-electron chi connectivity index (χ4n) is 0.702. The molecule has 0 bridgehead atoms. The molecule has 1 unspecified atom stereocenters. The quantitative estimate of drug-likeness (QED) is 0.419. The molecule has 0 aromatic carbocycles. The smallest absolute Gasteiger partial charge is 0.0844 e. The molecule has 0 radical (unpaired) electrons. The molecule has 2 N–H and O–H groups in total. The Kier molecular flexibility index (Phi) is 5.52. The predicted octanol–water partition coefficient (Wildman–Crippen LogP) is -0.211. The number of hydrogen-bond donors (Lipinski definition) is 2. The van der Waals surface area contributed by atoms with E-state index in [9.17, 15) is 0 Å². The summed E-state index contributed by atoms with van der Waals surface area (Å²) in [6.45, 7) is 0.790. The standard InChI is InChI=1S/C6H15NO3/c1-7(2)5-6(8)3-4-10-9/h6,8-9H,3-5H2,1-2H3. The monoisotopic (exact) mass is 149 g/mol. The van der Waals surface area contributed by atoms with Crippen molar-refractivity contribution < 1.29 is 15.3 Å². The van der Waals surface area contributed by atoms with Crippen LogP contribution in [-0.2, 0) is 4.89 Å². The van der Waals surface area contributed by atoms with E-state index >= 15 is 0 Å². The summed E-state index contributed by atoms with van der Waals surface area (Å²) in [5, 5.41) is 17.0. The highest BCUT2D eigenvalue weighted by Gasteiger charge is 2.03. The minimum atomic E-state index is -0.415. The van der Waals surface area contributed by atoms with E-state index < -0.39 is 6.10 Å². The Morgan fingerprint density at radius 3 is 2.50 bits per heavy atom. The first kappa shape index (κ1) is 9.84. The van der Waals surface area contributed by atoms with Gasteiger partial charge in [-0.15, -0.1) is 0 Å². The molecule has 0 fully saturated rings. The summed E-state index contributed by atoms with van der Waals surface area (Å²) in [7, 11) is 3.76. The summed E-state index contributed by atoms with van der Waals surface area (Å²) >= 11 is 0. The molecule has 0 saturated heterocycles. The SMILES string of the molecule is CN(C)CC(O)CCOO. The van der Waals surface area contributed by atoms with E-state index in [4.69, 9.17) is 10.4 Å². The minimum absolute atomic E-state index is 0.189. The third-order valence-corrected chi connectivity index (χ3v) is 1.12. The maximum absolute atomic E-state index is 9.12. The van der Waals surface area contributed by atoms with Gasteiger partial charge in [-0.3, -0.25) is 5.26 Å². The van der Waals surface area contributed by atoms with E-state index in [2.05, 4.69) is 4.89 Å². The number of rotatable bonds is 5. The Morgan fingerprint density at radius 2 is 2.10 bits per heavy atom. The van der Waals surface area contributed by atoms with Gasteiger partial charge in [0.1, 0.15) is 0 Å². The van der Waals surface area contributed by atoms with Crippen molar-refractivity contribution in [2.45, 2.75) is 12.5 Å². The van der Waals surface area contributed by atoms with Gasteiger partial charge in [0.25, 0.3) is 0 Å². The van der Waals surface area contributed by atoms with Gasteiger partial charge in [-0.05, 0) is 14.1 Å². The zero-order valence-electron chi connectivity index (χ0n) is 6.45. The van der Waals surface area contributed by atoms with Crippen molar-refractivity contribution in [2.24, 2.45) is 0 Å². The van der Waals surface area contributed by atoms with Crippen LogP contribution < -0.4 is 0 Å². The second kappa shape index (κ2) is 5.61. The normalized spacial score (nSPS) is 14.1. The number of nitrogens with zero attached hydrogens (tertiary/aromatic N) is 1. The van der Waals surface area contributed by atoms with Crippen molar-refractivity contribution in [3.8, 4) is 0 Å². The van der Waals surface area contributed by atoms with Crippen molar-refractivity contribution in [3.63, 3.8) is 0 Å². The first-order valence-corrected chi connectivity index (χ1v) is 3.26. The maximum atomic E-state index is 9.12. The summed E-state index contributed by atoms with van der Waals surface area (Å²) in [6.07, 6.45) is 0.0523. The molecule has 0 heterocycles. The van der Waals surface area contributed by atoms with Crippen molar-refractivity contribution in [1.29, 1.82) is 0 Å². The van der Waals surface area contributed by atoms with Gasteiger partial charge in [0.2, 0.25) is 0 Å². The topological polar surface area (TPSA) is 52.9 Å². The highest BCUT2D eigenvalue weighted by molar-refractivity contribution is 4.56. The third kappa shape index (κ3) is 5.97. The summed E-state index contributed by atoms with van der Waals surface area (Å²) in [5.74, 6) is 0. The molecule has 62 valence electrons. The molecule has 0 saturated carbocycles. The Labute approximate surface area is 61.0 Å². The summed E-state index contributed by atoms with van der Waals surface area (Å²) in [5.41, 5.74) is 0. The Balaban J connectivity index is 3.16. The molecule has 0 aliphatic rings. The van der Waals surface area contributed by atoms with Crippen molar-refractivity contribution in [1.82, 2.24) is 4.90 Å². The van der Waals surface area contributed by atoms with E-state index in [1.54, 1.807) is 0 Å². The Bertz CT molecular complexity index is 77.4. The molecule has 10 heavy (non-hydrogen) atoms. The third-order valence-electron chi connectivity index (χ3n) is 1.12. The fourth-order valence-corrected chi connectivity index (χ4v) is 0.702. The second-order valence-corrected chi connectivity index (χ2v) is 2.54. The second-order valence-electron chi connectivity index (χ2n) is 2.54. The van der Waals surface area contributed by atoms with Gasteiger partial charge in [-0.2, -0.15) is 0 Å². The van der Waals surface area contributed by atoms with Crippen molar-refractivity contribution in [3.05, 3.63) is 0 Å². The zero-order chi connectivity index (χ0) is 7.98. The summed E-state index contributed by atoms with van der Waals surface area (Å²) in [4.78, 5) is 5.69. The van der Waals surface area contributed by atoms with Gasteiger partial charge >= 0.3 is 0 Å². The molecule has 0 aliphatic carbocycles. The van der Waals surface area contributed by atoms with E-state index in [0.29, 0.717) is 13.0 Å². The maximum Gasteiger partial charge on any atom is 0.0844 e. The minimum Gasteiger partial charge on any atom is -0.392 e. The zero-order valence-corrected chi connectivity index (χ0v) is 6.45. The van der Waals surface area contributed by atoms with Gasteiger partial charge in [0.15, 0.2) is 0 Å². The van der Waals surface area contributed by atoms with E-state index in [1.807, 2.05) is 19.0 Å². The number of hydrogen-bond acceptors (Lipinski definition) is 4. The molecule has 0 aromatic heterocycles. The van der Waals surface area contributed by atoms with Crippen molar-refractivity contribution >= 4 is 0 Å². The highest BCUT2D eigenvalue weighted by Crippen LogP contribution is 1.92. The van der Waals surface area contributed by atoms with Gasteiger partial charge in [-0.1, -0.05) is 0 Å². The molecular weight excluding hydrogens is 134 g/mol. The average Bonchev–Trinajstić information content (AvgIpc) is 1.82. The van der Waals surface area contributed by atoms with Crippen LogP contribution in [0.3, 0.4) is 0 Å². The summed E-state index contributed by atoms with van der Waals surface area (Å²) in [6, 6.07) is 0. The number of likely N-dealkylation sites (N-methyl/N-ethyl adjacent to an activating group) is 1. The van der Waals surface area contributed by atoms with Gasteiger partial charge in [0.05, 0.1) is 12.7 Å². The van der Waals surface area contributed by atoms with Crippen LogP contribution in [0, 0.1) is 0 Å². The van der Waals surface area contributed by atoms with Crippen LogP contribution in [0.1, 0.15) is 6.42 Å². The Hall–Kier alpha value is -0.160. The molecule has 4 heteroatoms. The predicted molar refractivity (Wildman–Crippen MR) is 37.8 cm³/mol. The highest BCUT2D eigenvalue weighted by atomic mass is 17.1. The molecule has 1 atom stereocenters. The Morgan fingerprint density at radius 1 is 1.50 bits per heavy atom. The first-order chi connectivity index (χ1) is 4.66. The molecule has 0 rings (SSSR count). The largest absolute Gasteiger partial charge is 0.392 e. The van der Waals surface area contributed by atoms with E-state index in [-0.39, 0.29) is 6.61 Å². The first-order valence-electron chi connectivity index (χ1n) is 3.26. The van der Waals surface area contributed by atoms with Gasteiger partial charge in [-0.25, -0.2) is 4.89 Å². The molecule has 0 spiro atoms. The molecular formula is C6H15NO3. The lowest BCUT2D eigenvalue weighted by atomic mass is 10.2.